The number of carbonyl (C=O) groups excluding carboxylic acids is 2. The minimum absolute atomic E-state index is 0.00416. The number of nitrogens with two attached hydrogens (primary N) is 1. The third-order valence-electron chi connectivity index (χ3n) is 5.57. The van der Waals surface area contributed by atoms with Crippen molar-refractivity contribution in [3.63, 3.8) is 0 Å². The number of sulfonamides is 1. The molecule has 2 aromatic carbocycles. The monoisotopic (exact) mass is 458 g/mol. The summed E-state index contributed by atoms with van der Waals surface area (Å²) in [5.74, 6) is -0.600. The lowest BCUT2D eigenvalue weighted by molar-refractivity contribution is -0.122. The Morgan fingerprint density at radius 2 is 1.94 bits per heavy atom. The number of hydrogen-bond acceptors (Lipinski definition) is 5. The largest absolute Gasteiger partial charge is 0.368 e. The first-order valence-corrected chi connectivity index (χ1v) is 12.1. The van der Waals surface area contributed by atoms with Gasteiger partial charge in [-0.3, -0.25) is 14.5 Å². The Kier molecular flexibility index (Phi) is 7.65. The van der Waals surface area contributed by atoms with Gasteiger partial charge in [0.25, 0.3) is 0 Å². The summed E-state index contributed by atoms with van der Waals surface area (Å²) < 4.78 is 27.6. The molecule has 0 aliphatic carbocycles. The molecule has 4 N–H and O–H groups in total. The number of nitrogens with zero attached hydrogens (tertiary/aromatic N) is 1. The van der Waals surface area contributed by atoms with Crippen molar-refractivity contribution in [1.82, 2.24) is 9.62 Å². The van der Waals surface area contributed by atoms with Gasteiger partial charge in [-0.05, 0) is 68.1 Å². The standard InChI is InChI=1S/C23H30N4O4S/c1-16-8-9-17(2)21(13-16)32(30,31)25-11-10-22(28)26-19-6-3-5-18(14-19)15-27-12-4-7-20(27)23(24)29/h3,5-6,8-9,13-14,20,25H,4,7,10-12,15H2,1-2H3,(H2,24,29)(H,26,28). The Bertz CT molecular complexity index is 1100. The van der Waals surface area contributed by atoms with Crippen molar-refractivity contribution in [2.75, 3.05) is 18.4 Å². The van der Waals surface area contributed by atoms with Crippen LogP contribution in [0.15, 0.2) is 47.4 Å². The molecule has 2 aromatic rings. The minimum Gasteiger partial charge on any atom is -0.368 e. The van der Waals surface area contributed by atoms with Gasteiger partial charge in [-0.15, -0.1) is 0 Å². The Labute approximate surface area is 189 Å². The van der Waals surface area contributed by atoms with E-state index >= 15 is 0 Å². The van der Waals surface area contributed by atoms with E-state index in [2.05, 4.69) is 10.0 Å². The number of amides is 2. The zero-order valence-electron chi connectivity index (χ0n) is 18.4. The maximum absolute atomic E-state index is 12.5. The maximum Gasteiger partial charge on any atom is 0.240 e. The molecule has 3 rings (SSSR count). The zero-order valence-corrected chi connectivity index (χ0v) is 19.2. The molecule has 1 fully saturated rings. The highest BCUT2D eigenvalue weighted by Crippen LogP contribution is 2.21. The van der Waals surface area contributed by atoms with Gasteiger partial charge in [-0.25, -0.2) is 13.1 Å². The third kappa shape index (κ3) is 6.15. The molecular weight excluding hydrogens is 428 g/mol. The van der Waals surface area contributed by atoms with Gasteiger partial charge in [0.15, 0.2) is 0 Å². The maximum atomic E-state index is 12.5. The second kappa shape index (κ2) is 10.2. The lowest BCUT2D eigenvalue weighted by Crippen LogP contribution is -2.39. The Morgan fingerprint density at radius 3 is 2.69 bits per heavy atom. The van der Waals surface area contributed by atoms with E-state index in [0.717, 1.165) is 30.5 Å². The first-order valence-electron chi connectivity index (χ1n) is 10.6. The molecule has 1 unspecified atom stereocenters. The van der Waals surface area contributed by atoms with E-state index in [9.17, 15) is 18.0 Å². The molecule has 32 heavy (non-hydrogen) atoms. The fourth-order valence-electron chi connectivity index (χ4n) is 3.92. The average molecular weight is 459 g/mol. The van der Waals surface area contributed by atoms with Crippen LogP contribution in [-0.2, 0) is 26.2 Å². The Balaban J connectivity index is 1.53. The van der Waals surface area contributed by atoms with Crippen molar-refractivity contribution >= 4 is 27.5 Å². The Hall–Kier alpha value is -2.75. The molecule has 0 radical (unpaired) electrons. The minimum atomic E-state index is -3.69. The number of nitrogens with one attached hydrogen (secondary N) is 2. The average Bonchev–Trinajstić information content (AvgIpc) is 3.18. The molecule has 1 heterocycles. The SMILES string of the molecule is Cc1ccc(C)c(S(=O)(=O)NCCC(=O)Nc2cccc(CN3CCCC3C(N)=O)c2)c1. The summed E-state index contributed by atoms with van der Waals surface area (Å²) in [5.41, 5.74) is 8.58. The number of primary amides is 1. The molecular formula is C23H30N4O4S. The topological polar surface area (TPSA) is 122 Å². The Morgan fingerprint density at radius 1 is 1.16 bits per heavy atom. The van der Waals surface area contributed by atoms with Crippen molar-refractivity contribution in [1.29, 1.82) is 0 Å². The summed E-state index contributed by atoms with van der Waals surface area (Å²) >= 11 is 0. The summed E-state index contributed by atoms with van der Waals surface area (Å²) in [6.45, 7) is 4.95. The first kappa shape index (κ1) is 23.9. The molecule has 0 saturated carbocycles. The van der Waals surface area contributed by atoms with Crippen LogP contribution < -0.4 is 15.8 Å². The van der Waals surface area contributed by atoms with Crippen LogP contribution in [0.25, 0.3) is 0 Å². The second-order valence-corrected chi connectivity index (χ2v) is 9.93. The van der Waals surface area contributed by atoms with Gasteiger partial charge in [0, 0.05) is 25.2 Å². The van der Waals surface area contributed by atoms with Gasteiger partial charge < -0.3 is 11.1 Å². The van der Waals surface area contributed by atoms with Gasteiger partial charge in [0.05, 0.1) is 10.9 Å². The van der Waals surface area contributed by atoms with Crippen molar-refractivity contribution in [3.05, 3.63) is 59.2 Å². The van der Waals surface area contributed by atoms with E-state index < -0.39 is 10.0 Å². The lowest BCUT2D eigenvalue weighted by Gasteiger charge is -2.22. The molecule has 2 amide bonds. The van der Waals surface area contributed by atoms with E-state index in [1.165, 1.54) is 0 Å². The predicted octanol–water partition coefficient (Wildman–Crippen LogP) is 2.06. The normalized spacial score (nSPS) is 16.8. The molecule has 1 aliphatic heterocycles. The summed E-state index contributed by atoms with van der Waals surface area (Å²) in [5, 5.41) is 2.80. The van der Waals surface area contributed by atoms with E-state index in [-0.39, 0.29) is 35.7 Å². The van der Waals surface area contributed by atoms with Gasteiger partial charge in [-0.1, -0.05) is 24.3 Å². The van der Waals surface area contributed by atoms with Crippen molar-refractivity contribution in [2.45, 2.75) is 50.6 Å². The highest BCUT2D eigenvalue weighted by molar-refractivity contribution is 7.89. The molecule has 172 valence electrons. The molecule has 0 bridgehead atoms. The van der Waals surface area contributed by atoms with Gasteiger partial charge in [0.1, 0.15) is 0 Å². The number of carbonyl (C=O) groups is 2. The number of likely N-dealkylation sites (tertiary alicyclic amines) is 1. The number of rotatable bonds is 9. The van der Waals surface area contributed by atoms with Gasteiger partial charge >= 0.3 is 0 Å². The smallest absolute Gasteiger partial charge is 0.240 e. The van der Waals surface area contributed by atoms with Crippen LogP contribution in [0.3, 0.4) is 0 Å². The summed E-state index contributed by atoms with van der Waals surface area (Å²) in [6, 6.07) is 12.4. The summed E-state index contributed by atoms with van der Waals surface area (Å²) in [6.07, 6.45) is 1.70. The summed E-state index contributed by atoms with van der Waals surface area (Å²) in [4.78, 5) is 26.2. The van der Waals surface area contributed by atoms with E-state index in [1.54, 1.807) is 25.1 Å². The molecule has 1 saturated heterocycles. The van der Waals surface area contributed by atoms with Crippen LogP contribution in [0, 0.1) is 13.8 Å². The number of benzene rings is 2. The third-order valence-corrected chi connectivity index (χ3v) is 7.17. The fraction of sp³-hybridized carbons (Fsp3) is 0.391. The van der Waals surface area contributed by atoms with Gasteiger partial charge in [-0.2, -0.15) is 0 Å². The number of anilines is 1. The van der Waals surface area contributed by atoms with Crippen LogP contribution in [0.2, 0.25) is 0 Å². The first-order chi connectivity index (χ1) is 15.2. The molecule has 9 heteroatoms. The zero-order chi connectivity index (χ0) is 23.3. The fourth-order valence-corrected chi connectivity index (χ4v) is 5.28. The molecule has 1 aliphatic rings. The van der Waals surface area contributed by atoms with Crippen LogP contribution >= 0.6 is 0 Å². The van der Waals surface area contributed by atoms with Crippen molar-refractivity contribution in [2.24, 2.45) is 5.73 Å². The number of hydrogen-bond donors (Lipinski definition) is 3. The van der Waals surface area contributed by atoms with E-state index in [4.69, 9.17) is 5.73 Å². The van der Waals surface area contributed by atoms with Crippen LogP contribution in [0.1, 0.15) is 36.0 Å². The molecule has 1 atom stereocenters. The van der Waals surface area contributed by atoms with Crippen LogP contribution in [0.4, 0.5) is 5.69 Å². The molecule has 8 nitrogen and oxygen atoms in total. The van der Waals surface area contributed by atoms with Crippen LogP contribution in [-0.4, -0.2) is 44.3 Å². The van der Waals surface area contributed by atoms with Gasteiger partial charge in [0.2, 0.25) is 21.8 Å². The quantitative estimate of drug-likeness (QED) is 0.531. The van der Waals surface area contributed by atoms with E-state index in [1.807, 2.05) is 36.1 Å². The predicted molar refractivity (Wildman–Crippen MR) is 123 cm³/mol. The number of aryl methyl sites for hydroxylation is 2. The molecule has 0 spiro atoms. The second-order valence-electron chi connectivity index (χ2n) is 8.20. The lowest BCUT2D eigenvalue weighted by atomic mass is 10.1. The molecule has 0 aromatic heterocycles. The van der Waals surface area contributed by atoms with Crippen LogP contribution in [0.5, 0.6) is 0 Å². The highest BCUT2D eigenvalue weighted by atomic mass is 32.2. The van der Waals surface area contributed by atoms with Crippen molar-refractivity contribution < 1.29 is 18.0 Å². The highest BCUT2D eigenvalue weighted by Gasteiger charge is 2.28. The summed E-state index contributed by atoms with van der Waals surface area (Å²) in [7, 11) is -3.69. The van der Waals surface area contributed by atoms with Crippen molar-refractivity contribution in [3.8, 4) is 0 Å². The van der Waals surface area contributed by atoms with E-state index in [0.29, 0.717) is 17.8 Å².